The molecule has 0 aliphatic carbocycles. The molecule has 1 aromatic carbocycles. The Morgan fingerprint density at radius 1 is 1.08 bits per heavy atom. The lowest BCUT2D eigenvalue weighted by atomic mass is 9.83. The summed E-state index contributed by atoms with van der Waals surface area (Å²) in [6.45, 7) is 2.09. The van der Waals surface area contributed by atoms with Gasteiger partial charge in [0, 0.05) is 36.7 Å². The summed E-state index contributed by atoms with van der Waals surface area (Å²) in [4.78, 5) is 28.5. The van der Waals surface area contributed by atoms with E-state index in [1.807, 2.05) is 6.92 Å². The van der Waals surface area contributed by atoms with Crippen molar-refractivity contribution in [1.29, 1.82) is 0 Å². The molecule has 2 aliphatic heterocycles. The average Bonchev–Trinajstić information content (AvgIpc) is 2.63. The van der Waals surface area contributed by atoms with Crippen molar-refractivity contribution in [1.82, 2.24) is 9.80 Å². The maximum atomic E-state index is 12.7. The molecule has 26 heavy (non-hydrogen) atoms. The van der Waals surface area contributed by atoms with Gasteiger partial charge in [0.15, 0.2) is 11.5 Å². The van der Waals surface area contributed by atoms with Crippen molar-refractivity contribution >= 4 is 11.8 Å². The molecule has 1 saturated heterocycles. The summed E-state index contributed by atoms with van der Waals surface area (Å²) in [6, 6.07) is -1.07. The van der Waals surface area contributed by atoms with Crippen LogP contribution in [0.1, 0.15) is 22.7 Å². The van der Waals surface area contributed by atoms with E-state index in [1.54, 1.807) is 33.3 Å². The Hall–Kier alpha value is -2.48. The van der Waals surface area contributed by atoms with Gasteiger partial charge in [0.2, 0.25) is 11.8 Å². The molecule has 2 atom stereocenters. The monoisotopic (exact) mass is 363 g/mol. The number of benzene rings is 1. The van der Waals surface area contributed by atoms with Gasteiger partial charge in [-0.05, 0) is 6.92 Å². The molecule has 2 N–H and O–H groups in total. The Balaban J connectivity index is 2.31. The Morgan fingerprint density at radius 2 is 1.69 bits per heavy atom. The van der Waals surface area contributed by atoms with Crippen LogP contribution in [-0.4, -0.2) is 69.1 Å². The van der Waals surface area contributed by atoms with E-state index in [-0.39, 0.29) is 24.9 Å². The van der Waals surface area contributed by atoms with Gasteiger partial charge in [-0.1, -0.05) is 0 Å². The molecule has 2 heterocycles. The summed E-state index contributed by atoms with van der Waals surface area (Å²) < 4.78 is 16.8. The molecule has 2 amide bonds. The van der Waals surface area contributed by atoms with E-state index in [4.69, 9.17) is 19.9 Å². The van der Waals surface area contributed by atoms with E-state index in [1.165, 1.54) is 4.90 Å². The molecule has 0 saturated carbocycles. The molecule has 3 rings (SSSR count). The van der Waals surface area contributed by atoms with Crippen LogP contribution in [0.3, 0.4) is 0 Å². The van der Waals surface area contributed by atoms with Gasteiger partial charge in [0.25, 0.3) is 0 Å². The number of methoxy groups -OCH3 is 3. The molecule has 2 aliphatic rings. The lowest BCUT2D eigenvalue weighted by Gasteiger charge is -2.47. The first-order chi connectivity index (χ1) is 12.4. The fourth-order valence-corrected chi connectivity index (χ4v) is 4.21. The lowest BCUT2D eigenvalue weighted by Crippen LogP contribution is -2.62. The normalized spacial score (nSPS) is 22.1. The first-order valence-electron chi connectivity index (χ1n) is 8.48. The van der Waals surface area contributed by atoms with E-state index < -0.39 is 12.1 Å². The van der Waals surface area contributed by atoms with E-state index in [0.29, 0.717) is 23.7 Å². The van der Waals surface area contributed by atoms with Crippen LogP contribution in [0.2, 0.25) is 0 Å². The quantitative estimate of drug-likeness (QED) is 0.824. The highest BCUT2D eigenvalue weighted by atomic mass is 16.5. The highest BCUT2D eigenvalue weighted by Gasteiger charge is 2.48. The number of nitrogens with zero attached hydrogens (tertiary/aromatic N) is 2. The third-order valence-corrected chi connectivity index (χ3v) is 5.29. The SMILES string of the molecule is COc1c(C)c(OC)c(OC)c2c1C[C@H]1C(=O)N(C)CC(=O)N1[C@@H]2CN. The van der Waals surface area contributed by atoms with Crippen molar-refractivity contribution in [2.75, 3.05) is 41.5 Å². The number of fused-ring (bicyclic) bond motifs is 2. The van der Waals surface area contributed by atoms with Gasteiger partial charge in [0.1, 0.15) is 11.8 Å². The second-order valence-corrected chi connectivity index (χ2v) is 6.58. The first kappa shape index (κ1) is 18.3. The molecule has 0 bridgehead atoms. The van der Waals surface area contributed by atoms with Crippen LogP contribution in [0.25, 0.3) is 0 Å². The third kappa shape index (κ3) is 2.39. The summed E-state index contributed by atoms with van der Waals surface area (Å²) in [5, 5.41) is 0. The summed E-state index contributed by atoms with van der Waals surface area (Å²) >= 11 is 0. The number of carbonyl (C=O) groups excluding carboxylic acids is 2. The van der Waals surface area contributed by atoms with Gasteiger partial charge in [-0.3, -0.25) is 9.59 Å². The van der Waals surface area contributed by atoms with Crippen molar-refractivity contribution in [3.05, 3.63) is 16.7 Å². The lowest BCUT2D eigenvalue weighted by molar-refractivity contribution is -0.158. The molecule has 1 aromatic rings. The fourth-order valence-electron chi connectivity index (χ4n) is 4.21. The van der Waals surface area contributed by atoms with Crippen LogP contribution in [0.15, 0.2) is 0 Å². The Bertz CT molecular complexity index is 764. The number of carbonyl (C=O) groups is 2. The Morgan fingerprint density at radius 3 is 2.23 bits per heavy atom. The zero-order valence-corrected chi connectivity index (χ0v) is 15.8. The molecule has 8 nitrogen and oxygen atoms in total. The Kier molecular flexibility index (Phi) is 4.70. The van der Waals surface area contributed by atoms with Crippen LogP contribution < -0.4 is 19.9 Å². The van der Waals surface area contributed by atoms with Crippen molar-refractivity contribution in [2.24, 2.45) is 5.73 Å². The van der Waals surface area contributed by atoms with Crippen LogP contribution in [0, 0.1) is 6.92 Å². The van der Waals surface area contributed by atoms with Crippen molar-refractivity contribution in [2.45, 2.75) is 25.4 Å². The minimum atomic E-state index is -0.589. The van der Waals surface area contributed by atoms with Crippen molar-refractivity contribution in [3.8, 4) is 17.2 Å². The average molecular weight is 363 g/mol. The molecule has 0 radical (unpaired) electrons. The van der Waals surface area contributed by atoms with E-state index in [0.717, 1.165) is 16.7 Å². The minimum absolute atomic E-state index is 0.0453. The van der Waals surface area contributed by atoms with E-state index in [9.17, 15) is 9.59 Å². The summed E-state index contributed by atoms with van der Waals surface area (Å²) in [5.41, 5.74) is 8.45. The summed E-state index contributed by atoms with van der Waals surface area (Å²) in [5.74, 6) is 1.51. The standard InChI is InChI=1S/C18H25N3O5/c1-9-15(24-3)10-6-11-18(23)20(2)8-13(22)21(11)12(7-19)14(10)17(26-5)16(9)25-4/h11-12H,6-8,19H2,1-5H3/t11-,12+/m0/s1. The van der Waals surface area contributed by atoms with Gasteiger partial charge in [-0.2, -0.15) is 0 Å². The minimum Gasteiger partial charge on any atom is -0.496 e. The van der Waals surface area contributed by atoms with Crippen molar-refractivity contribution in [3.63, 3.8) is 0 Å². The van der Waals surface area contributed by atoms with Crippen LogP contribution in [0.4, 0.5) is 0 Å². The topological polar surface area (TPSA) is 94.3 Å². The van der Waals surface area contributed by atoms with Gasteiger partial charge >= 0.3 is 0 Å². The first-order valence-corrected chi connectivity index (χ1v) is 8.48. The molecule has 142 valence electrons. The largest absolute Gasteiger partial charge is 0.496 e. The number of nitrogens with two attached hydrogens (primary N) is 1. The molecular formula is C18H25N3O5. The summed E-state index contributed by atoms with van der Waals surface area (Å²) in [6.07, 6.45) is 0.352. The molecule has 0 unspecified atom stereocenters. The van der Waals surface area contributed by atoms with Gasteiger partial charge in [-0.15, -0.1) is 0 Å². The van der Waals surface area contributed by atoms with Gasteiger partial charge in [0.05, 0.1) is 33.9 Å². The third-order valence-electron chi connectivity index (χ3n) is 5.29. The van der Waals surface area contributed by atoms with Crippen molar-refractivity contribution < 1.29 is 23.8 Å². The number of amides is 2. The van der Waals surface area contributed by atoms with Gasteiger partial charge in [-0.25, -0.2) is 0 Å². The molecule has 1 fully saturated rings. The van der Waals surface area contributed by atoms with Crippen LogP contribution in [0.5, 0.6) is 17.2 Å². The maximum absolute atomic E-state index is 12.7. The highest BCUT2D eigenvalue weighted by Crippen LogP contribution is 2.50. The van der Waals surface area contributed by atoms with E-state index >= 15 is 0 Å². The maximum Gasteiger partial charge on any atom is 0.245 e. The van der Waals surface area contributed by atoms with Crippen LogP contribution in [-0.2, 0) is 16.0 Å². The van der Waals surface area contributed by atoms with Crippen LogP contribution >= 0.6 is 0 Å². The number of likely N-dealkylation sites (N-methyl/N-ethyl adjacent to an activating group) is 1. The second-order valence-electron chi connectivity index (χ2n) is 6.58. The fraction of sp³-hybridized carbons (Fsp3) is 0.556. The Labute approximate surface area is 152 Å². The number of rotatable bonds is 4. The number of hydrogen-bond donors (Lipinski definition) is 1. The predicted molar refractivity (Wildman–Crippen MR) is 94.6 cm³/mol. The molecular weight excluding hydrogens is 338 g/mol. The highest BCUT2D eigenvalue weighted by molar-refractivity contribution is 5.96. The smallest absolute Gasteiger partial charge is 0.245 e. The zero-order valence-electron chi connectivity index (χ0n) is 15.8. The molecule has 8 heteroatoms. The predicted octanol–water partition coefficient (Wildman–Crippen LogP) is 0.246. The van der Waals surface area contributed by atoms with E-state index in [2.05, 4.69) is 0 Å². The van der Waals surface area contributed by atoms with Gasteiger partial charge < -0.3 is 29.7 Å². The zero-order chi connectivity index (χ0) is 19.2. The molecule has 0 aromatic heterocycles. The number of ether oxygens (including phenoxy) is 3. The number of piperazine rings is 1. The second kappa shape index (κ2) is 6.68. The molecule has 0 spiro atoms. The summed E-state index contributed by atoms with van der Waals surface area (Å²) in [7, 11) is 6.34. The number of hydrogen-bond acceptors (Lipinski definition) is 6.